The molecule has 0 unspecified atom stereocenters. The smallest absolute Gasteiger partial charge is 0.257 e. The van der Waals surface area contributed by atoms with Gasteiger partial charge in [0.25, 0.3) is 5.91 Å². The van der Waals surface area contributed by atoms with Crippen LogP contribution in [-0.4, -0.2) is 25.7 Å². The summed E-state index contributed by atoms with van der Waals surface area (Å²) in [5.41, 5.74) is 5.64. The predicted molar refractivity (Wildman–Crippen MR) is 104 cm³/mol. The van der Waals surface area contributed by atoms with E-state index in [-0.39, 0.29) is 11.4 Å². The number of nitrogens with zero attached hydrogens (tertiary/aromatic N) is 4. The number of fused-ring (bicyclic) bond motifs is 1. The number of hydrogen-bond donors (Lipinski definition) is 1. The molecule has 6 nitrogen and oxygen atoms in total. The van der Waals surface area contributed by atoms with E-state index in [9.17, 15) is 4.79 Å². The second kappa shape index (κ2) is 5.87. The third-order valence-electron chi connectivity index (χ3n) is 4.68. The number of rotatable bonds is 3. The van der Waals surface area contributed by atoms with Gasteiger partial charge in [-0.25, -0.2) is 14.6 Å². The molecular formula is C19H23N5OS. The Labute approximate surface area is 156 Å². The molecule has 0 aliphatic heterocycles. The third kappa shape index (κ3) is 2.90. The fraction of sp³-hybridized carbons (Fsp3) is 0.474. The summed E-state index contributed by atoms with van der Waals surface area (Å²) in [5.74, 6) is 0.336. The zero-order chi connectivity index (χ0) is 18.6. The molecule has 3 aromatic rings. The number of thiazole rings is 1. The van der Waals surface area contributed by atoms with Crippen LogP contribution in [0.25, 0.3) is 11.0 Å². The first-order valence-corrected chi connectivity index (χ1v) is 9.76. The molecule has 1 fully saturated rings. The van der Waals surface area contributed by atoms with E-state index in [2.05, 4.69) is 31.1 Å². The van der Waals surface area contributed by atoms with Crippen LogP contribution in [0.5, 0.6) is 0 Å². The fourth-order valence-electron chi connectivity index (χ4n) is 3.14. The first-order valence-electron chi connectivity index (χ1n) is 8.88. The summed E-state index contributed by atoms with van der Waals surface area (Å²) in [6.45, 7) is 10.1. The largest absolute Gasteiger partial charge is 0.312 e. The highest BCUT2D eigenvalue weighted by atomic mass is 32.1. The molecule has 0 atom stereocenters. The molecule has 1 aliphatic rings. The monoisotopic (exact) mass is 369 g/mol. The summed E-state index contributed by atoms with van der Waals surface area (Å²) in [5, 5.41) is 9.34. The van der Waals surface area contributed by atoms with Gasteiger partial charge >= 0.3 is 0 Å². The van der Waals surface area contributed by atoms with Gasteiger partial charge in [0.1, 0.15) is 5.00 Å². The van der Waals surface area contributed by atoms with Gasteiger partial charge < -0.3 is 5.32 Å². The lowest BCUT2D eigenvalue weighted by Crippen LogP contribution is -2.23. The zero-order valence-corrected chi connectivity index (χ0v) is 16.6. The molecule has 1 aliphatic carbocycles. The van der Waals surface area contributed by atoms with Crippen molar-refractivity contribution in [3.63, 3.8) is 0 Å². The van der Waals surface area contributed by atoms with Gasteiger partial charge in [-0.3, -0.25) is 4.79 Å². The van der Waals surface area contributed by atoms with Crippen molar-refractivity contribution in [3.8, 4) is 0 Å². The summed E-state index contributed by atoms with van der Waals surface area (Å²) >= 11 is 1.43. The minimum Gasteiger partial charge on any atom is -0.312 e. The van der Waals surface area contributed by atoms with E-state index in [0.717, 1.165) is 46.0 Å². The van der Waals surface area contributed by atoms with E-state index in [1.54, 1.807) is 5.51 Å². The van der Waals surface area contributed by atoms with Gasteiger partial charge in [0, 0.05) is 11.6 Å². The maximum atomic E-state index is 13.1. The van der Waals surface area contributed by atoms with Crippen molar-refractivity contribution in [3.05, 3.63) is 34.2 Å². The van der Waals surface area contributed by atoms with Crippen LogP contribution < -0.4 is 5.32 Å². The molecule has 0 radical (unpaired) electrons. The number of carbonyl (C=O) groups excluding carboxylic acids is 1. The Hall–Kier alpha value is -2.28. The summed E-state index contributed by atoms with van der Waals surface area (Å²) < 4.78 is 1.94. The summed E-state index contributed by atoms with van der Waals surface area (Å²) in [7, 11) is 0. The zero-order valence-electron chi connectivity index (χ0n) is 15.8. The van der Waals surface area contributed by atoms with Crippen molar-refractivity contribution in [1.82, 2.24) is 19.7 Å². The number of nitrogens with one attached hydrogen (secondary N) is 1. The Morgan fingerprint density at radius 1 is 1.27 bits per heavy atom. The van der Waals surface area contributed by atoms with E-state index >= 15 is 0 Å². The van der Waals surface area contributed by atoms with Crippen LogP contribution in [0.15, 0.2) is 11.6 Å². The predicted octanol–water partition coefficient (Wildman–Crippen LogP) is 4.39. The maximum absolute atomic E-state index is 13.1. The Morgan fingerprint density at radius 3 is 2.58 bits per heavy atom. The van der Waals surface area contributed by atoms with Gasteiger partial charge in [-0.05, 0) is 53.5 Å². The number of pyridine rings is 1. The van der Waals surface area contributed by atoms with Crippen molar-refractivity contribution in [2.45, 2.75) is 58.9 Å². The quantitative estimate of drug-likeness (QED) is 0.743. The van der Waals surface area contributed by atoms with Crippen molar-refractivity contribution in [2.75, 3.05) is 5.32 Å². The molecule has 4 rings (SSSR count). The second-order valence-electron chi connectivity index (χ2n) is 7.96. The highest BCUT2D eigenvalue weighted by molar-refractivity contribution is 7.14. The summed E-state index contributed by atoms with van der Waals surface area (Å²) in [4.78, 5) is 22.2. The molecule has 7 heteroatoms. The van der Waals surface area contributed by atoms with Crippen LogP contribution in [-0.2, 0) is 5.54 Å². The number of carbonyl (C=O) groups is 1. The van der Waals surface area contributed by atoms with E-state index in [1.807, 2.05) is 24.6 Å². The second-order valence-corrected chi connectivity index (χ2v) is 8.81. The summed E-state index contributed by atoms with van der Waals surface area (Å²) in [6, 6.07) is 1.95. The van der Waals surface area contributed by atoms with E-state index < -0.39 is 0 Å². The van der Waals surface area contributed by atoms with Crippen molar-refractivity contribution in [1.29, 1.82) is 0 Å². The lowest BCUT2D eigenvalue weighted by molar-refractivity contribution is 0.102. The Balaban J connectivity index is 1.89. The normalized spacial score (nSPS) is 14.8. The number of aryl methyl sites for hydroxylation is 2. The van der Waals surface area contributed by atoms with Crippen LogP contribution in [0.2, 0.25) is 0 Å². The fourth-order valence-corrected chi connectivity index (χ4v) is 3.83. The first-order chi connectivity index (χ1) is 12.3. The van der Waals surface area contributed by atoms with Crippen molar-refractivity contribution in [2.24, 2.45) is 0 Å². The topological polar surface area (TPSA) is 72.7 Å². The third-order valence-corrected chi connectivity index (χ3v) is 5.52. The molecule has 0 aromatic carbocycles. The Morgan fingerprint density at radius 2 is 2.00 bits per heavy atom. The standard InChI is InChI=1S/C19H23N5OS/c1-10-15-13(17(25)22-18-11(2)20-9-26-18)8-14(12-6-7-12)21-16(15)24(23-10)19(3,4)5/h8-9,12H,6-7H2,1-5H3,(H,22,25). The number of anilines is 1. The Bertz CT molecular complexity index is 1010. The molecule has 0 spiro atoms. The molecule has 0 saturated heterocycles. The molecule has 26 heavy (non-hydrogen) atoms. The number of hydrogen-bond acceptors (Lipinski definition) is 5. The average Bonchev–Trinajstić information content (AvgIpc) is 3.26. The van der Waals surface area contributed by atoms with E-state index in [0.29, 0.717) is 11.5 Å². The highest BCUT2D eigenvalue weighted by Crippen LogP contribution is 2.41. The molecular weight excluding hydrogens is 346 g/mol. The first kappa shape index (κ1) is 17.1. The number of amides is 1. The Kier molecular flexibility index (Phi) is 3.87. The number of aromatic nitrogens is 4. The van der Waals surface area contributed by atoms with Gasteiger partial charge in [-0.15, -0.1) is 11.3 Å². The molecule has 0 bridgehead atoms. The minimum atomic E-state index is -0.205. The van der Waals surface area contributed by atoms with Crippen LogP contribution in [0.1, 0.15) is 67.0 Å². The van der Waals surface area contributed by atoms with Crippen LogP contribution >= 0.6 is 11.3 Å². The van der Waals surface area contributed by atoms with Crippen molar-refractivity contribution >= 4 is 33.3 Å². The van der Waals surface area contributed by atoms with Crippen LogP contribution in [0.4, 0.5) is 5.00 Å². The molecule has 1 amide bonds. The van der Waals surface area contributed by atoms with Gasteiger partial charge in [-0.1, -0.05) is 0 Å². The van der Waals surface area contributed by atoms with Crippen LogP contribution in [0, 0.1) is 13.8 Å². The molecule has 1 N–H and O–H groups in total. The van der Waals surface area contributed by atoms with Gasteiger partial charge in [0.15, 0.2) is 5.65 Å². The SMILES string of the molecule is Cc1ncsc1NC(=O)c1cc(C2CC2)nc2c1c(C)nn2C(C)(C)C. The van der Waals surface area contributed by atoms with Gasteiger partial charge in [-0.2, -0.15) is 5.10 Å². The average molecular weight is 369 g/mol. The molecule has 136 valence electrons. The van der Waals surface area contributed by atoms with E-state index in [4.69, 9.17) is 10.1 Å². The molecule has 3 aromatic heterocycles. The van der Waals surface area contributed by atoms with Crippen molar-refractivity contribution < 1.29 is 4.79 Å². The lowest BCUT2D eigenvalue weighted by atomic mass is 10.1. The van der Waals surface area contributed by atoms with Gasteiger partial charge in [0.05, 0.1) is 33.4 Å². The van der Waals surface area contributed by atoms with Crippen LogP contribution in [0.3, 0.4) is 0 Å². The molecule has 1 saturated carbocycles. The van der Waals surface area contributed by atoms with Gasteiger partial charge in [0.2, 0.25) is 0 Å². The molecule has 3 heterocycles. The summed E-state index contributed by atoms with van der Waals surface area (Å²) in [6.07, 6.45) is 2.27. The highest BCUT2D eigenvalue weighted by Gasteiger charge is 2.30. The lowest BCUT2D eigenvalue weighted by Gasteiger charge is -2.20. The van der Waals surface area contributed by atoms with E-state index in [1.165, 1.54) is 11.3 Å². The maximum Gasteiger partial charge on any atom is 0.257 e. The minimum absolute atomic E-state index is 0.122.